The number of carbonyl (C=O) groups is 2. The van der Waals surface area contributed by atoms with Gasteiger partial charge in [-0.15, -0.1) is 0 Å². The van der Waals surface area contributed by atoms with Crippen LogP contribution in [0, 0.1) is 0 Å². The number of aliphatic carboxylic acids is 1. The molecule has 0 radical (unpaired) electrons. The molecule has 2 amide bonds. The van der Waals surface area contributed by atoms with E-state index in [1.165, 1.54) is 4.90 Å². The van der Waals surface area contributed by atoms with Crippen molar-refractivity contribution < 1.29 is 23.1 Å². The molecule has 114 valence electrons. The molecule has 0 aromatic rings. The second-order valence-electron chi connectivity index (χ2n) is 5.53. The van der Waals surface area contributed by atoms with Crippen LogP contribution in [0.5, 0.6) is 0 Å². The van der Waals surface area contributed by atoms with Gasteiger partial charge in [0.2, 0.25) is 0 Å². The van der Waals surface area contributed by atoms with Crippen molar-refractivity contribution in [3.63, 3.8) is 0 Å². The summed E-state index contributed by atoms with van der Waals surface area (Å²) in [5.74, 6) is -1.43. The molecular weight excluding hydrogens is 284 g/mol. The molecule has 2 unspecified atom stereocenters. The minimum absolute atomic E-state index is 0.0856. The third-order valence-corrected chi connectivity index (χ3v) is 5.68. The van der Waals surface area contributed by atoms with E-state index in [0.717, 1.165) is 12.8 Å². The molecule has 0 saturated carbocycles. The number of sulfone groups is 1. The molecule has 1 N–H and O–H groups in total. The van der Waals surface area contributed by atoms with Gasteiger partial charge in [0.1, 0.15) is 0 Å². The van der Waals surface area contributed by atoms with Crippen LogP contribution in [0.15, 0.2) is 0 Å². The van der Waals surface area contributed by atoms with Crippen molar-refractivity contribution in [3.05, 3.63) is 0 Å². The van der Waals surface area contributed by atoms with E-state index < -0.39 is 21.8 Å². The molecule has 0 aromatic carbocycles. The number of rotatable bonds is 2. The molecule has 20 heavy (non-hydrogen) atoms. The molecule has 0 aliphatic carbocycles. The van der Waals surface area contributed by atoms with E-state index in [-0.39, 0.29) is 36.5 Å². The lowest BCUT2D eigenvalue weighted by Gasteiger charge is -2.38. The highest BCUT2D eigenvalue weighted by molar-refractivity contribution is 7.91. The van der Waals surface area contributed by atoms with Gasteiger partial charge in [-0.25, -0.2) is 13.2 Å². The Morgan fingerprint density at radius 3 is 2.50 bits per heavy atom. The fourth-order valence-corrected chi connectivity index (χ4v) is 4.42. The van der Waals surface area contributed by atoms with Crippen molar-refractivity contribution in [2.45, 2.75) is 38.3 Å². The van der Waals surface area contributed by atoms with Crippen LogP contribution in [0.25, 0.3) is 0 Å². The van der Waals surface area contributed by atoms with Crippen molar-refractivity contribution in [2.75, 3.05) is 24.6 Å². The zero-order valence-corrected chi connectivity index (χ0v) is 12.3. The van der Waals surface area contributed by atoms with Gasteiger partial charge in [0.05, 0.1) is 24.0 Å². The van der Waals surface area contributed by atoms with Gasteiger partial charge in [-0.2, -0.15) is 0 Å². The number of carboxylic acid groups (broad SMARTS) is 1. The van der Waals surface area contributed by atoms with E-state index in [1.807, 2.05) is 6.92 Å². The zero-order valence-electron chi connectivity index (χ0n) is 11.5. The third kappa shape index (κ3) is 3.23. The molecule has 2 aliphatic heterocycles. The summed E-state index contributed by atoms with van der Waals surface area (Å²) >= 11 is 0. The maximum absolute atomic E-state index is 12.5. The van der Waals surface area contributed by atoms with Crippen molar-refractivity contribution in [1.82, 2.24) is 9.80 Å². The fraction of sp³-hybridized carbons (Fsp3) is 0.833. The highest BCUT2D eigenvalue weighted by atomic mass is 32.2. The summed E-state index contributed by atoms with van der Waals surface area (Å²) in [6.07, 6.45) is 1.54. The summed E-state index contributed by atoms with van der Waals surface area (Å²) in [5, 5.41) is 8.91. The largest absolute Gasteiger partial charge is 0.481 e. The number of nitrogens with zero attached hydrogens (tertiary/aromatic N) is 2. The van der Waals surface area contributed by atoms with Crippen LogP contribution in [0.1, 0.15) is 26.2 Å². The lowest BCUT2D eigenvalue weighted by atomic mass is 10.2. The van der Waals surface area contributed by atoms with Crippen LogP contribution in [-0.2, 0) is 14.6 Å². The van der Waals surface area contributed by atoms with Crippen LogP contribution in [0.2, 0.25) is 0 Å². The Bertz CT molecular complexity index is 504. The quantitative estimate of drug-likeness (QED) is 0.784. The molecule has 2 rings (SSSR count). The number of urea groups is 1. The summed E-state index contributed by atoms with van der Waals surface area (Å²) in [6, 6.07) is -0.853. The highest BCUT2D eigenvalue weighted by Gasteiger charge is 2.38. The van der Waals surface area contributed by atoms with Crippen LogP contribution in [0.3, 0.4) is 0 Å². The monoisotopic (exact) mass is 304 g/mol. The summed E-state index contributed by atoms with van der Waals surface area (Å²) in [7, 11) is -3.26. The molecule has 2 heterocycles. The SMILES string of the molecule is CC1CCCN1C(=O)N1CCS(=O)(=O)CC1CC(=O)O. The van der Waals surface area contributed by atoms with E-state index >= 15 is 0 Å². The number of amides is 2. The lowest BCUT2D eigenvalue weighted by molar-refractivity contribution is -0.138. The molecule has 2 aliphatic rings. The average molecular weight is 304 g/mol. The maximum Gasteiger partial charge on any atom is 0.320 e. The Labute approximate surface area is 118 Å². The number of carboxylic acids is 1. The lowest BCUT2D eigenvalue weighted by Crippen LogP contribution is -2.56. The molecule has 0 bridgehead atoms. The first-order valence-corrected chi connectivity index (χ1v) is 8.62. The van der Waals surface area contributed by atoms with Gasteiger partial charge in [-0.1, -0.05) is 0 Å². The predicted octanol–water partition coefficient (Wildman–Crippen LogP) is 0.164. The molecule has 2 saturated heterocycles. The predicted molar refractivity (Wildman–Crippen MR) is 72.2 cm³/mol. The van der Waals surface area contributed by atoms with Crippen LogP contribution in [-0.4, -0.2) is 72.0 Å². The fourth-order valence-electron chi connectivity index (χ4n) is 2.89. The summed E-state index contributed by atoms with van der Waals surface area (Å²) < 4.78 is 23.3. The van der Waals surface area contributed by atoms with Crippen molar-refractivity contribution in [1.29, 1.82) is 0 Å². The third-order valence-electron chi connectivity index (χ3n) is 3.98. The minimum atomic E-state index is -3.26. The van der Waals surface area contributed by atoms with Gasteiger partial charge in [-0.05, 0) is 19.8 Å². The Morgan fingerprint density at radius 1 is 1.25 bits per heavy atom. The number of hydrogen-bond donors (Lipinski definition) is 1. The van der Waals surface area contributed by atoms with Gasteiger partial charge < -0.3 is 14.9 Å². The van der Waals surface area contributed by atoms with Crippen molar-refractivity contribution in [3.8, 4) is 0 Å². The number of likely N-dealkylation sites (tertiary alicyclic amines) is 1. The molecule has 7 nitrogen and oxygen atoms in total. The zero-order chi connectivity index (χ0) is 14.9. The molecule has 2 atom stereocenters. The van der Waals surface area contributed by atoms with E-state index in [0.29, 0.717) is 6.54 Å². The molecule has 2 fully saturated rings. The number of hydrogen-bond acceptors (Lipinski definition) is 4. The Hall–Kier alpha value is -1.31. The average Bonchev–Trinajstić information content (AvgIpc) is 2.73. The van der Waals surface area contributed by atoms with Crippen LogP contribution < -0.4 is 0 Å². The first kappa shape index (κ1) is 15.1. The minimum Gasteiger partial charge on any atom is -0.481 e. The normalized spacial score (nSPS) is 29.4. The standard InChI is InChI=1S/C12H20N2O5S/c1-9-3-2-4-13(9)12(17)14-5-6-20(18,19)8-10(14)7-11(15)16/h9-10H,2-8H2,1H3,(H,15,16). The van der Waals surface area contributed by atoms with E-state index in [1.54, 1.807) is 4.90 Å². The first-order chi connectivity index (χ1) is 9.30. The Morgan fingerprint density at radius 2 is 1.95 bits per heavy atom. The van der Waals surface area contributed by atoms with Gasteiger partial charge in [0.15, 0.2) is 9.84 Å². The molecule has 0 spiro atoms. The van der Waals surface area contributed by atoms with Crippen molar-refractivity contribution >= 4 is 21.8 Å². The summed E-state index contributed by atoms with van der Waals surface area (Å²) in [5.41, 5.74) is 0. The van der Waals surface area contributed by atoms with E-state index in [2.05, 4.69) is 0 Å². The highest BCUT2D eigenvalue weighted by Crippen LogP contribution is 2.22. The van der Waals surface area contributed by atoms with Gasteiger partial charge >= 0.3 is 12.0 Å². The summed E-state index contributed by atoms with van der Waals surface area (Å²) in [6.45, 7) is 2.70. The molecule has 0 aromatic heterocycles. The van der Waals surface area contributed by atoms with Crippen LogP contribution >= 0.6 is 0 Å². The summed E-state index contributed by atoms with van der Waals surface area (Å²) in [4.78, 5) is 26.5. The second kappa shape index (κ2) is 5.59. The van der Waals surface area contributed by atoms with Crippen molar-refractivity contribution in [2.24, 2.45) is 0 Å². The van der Waals surface area contributed by atoms with E-state index in [4.69, 9.17) is 5.11 Å². The maximum atomic E-state index is 12.5. The topological polar surface area (TPSA) is 95.0 Å². The molecule has 8 heteroatoms. The smallest absolute Gasteiger partial charge is 0.320 e. The van der Waals surface area contributed by atoms with Crippen LogP contribution in [0.4, 0.5) is 4.79 Å². The van der Waals surface area contributed by atoms with Gasteiger partial charge in [0, 0.05) is 19.1 Å². The Kier molecular flexibility index (Phi) is 4.22. The first-order valence-electron chi connectivity index (χ1n) is 6.79. The number of carbonyl (C=O) groups excluding carboxylic acids is 1. The van der Waals surface area contributed by atoms with Gasteiger partial charge in [-0.3, -0.25) is 4.79 Å². The Balaban J connectivity index is 2.15. The second-order valence-corrected chi connectivity index (χ2v) is 7.76. The molecular formula is C12H20N2O5S. The van der Waals surface area contributed by atoms with E-state index in [9.17, 15) is 18.0 Å². The van der Waals surface area contributed by atoms with Gasteiger partial charge in [0.25, 0.3) is 0 Å².